The van der Waals surface area contributed by atoms with Gasteiger partial charge in [0.2, 0.25) is 0 Å². The van der Waals surface area contributed by atoms with Crippen LogP contribution in [0.25, 0.3) is 0 Å². The van der Waals surface area contributed by atoms with Crippen LogP contribution in [0.2, 0.25) is 0 Å². The summed E-state index contributed by atoms with van der Waals surface area (Å²) in [6.07, 6.45) is 1.57. The lowest BCUT2D eigenvalue weighted by molar-refractivity contribution is 0.439. The van der Waals surface area contributed by atoms with Crippen molar-refractivity contribution < 1.29 is 4.74 Å². The second-order valence-corrected chi connectivity index (χ2v) is 5.91. The number of rotatable bonds is 3. The number of nitrogens with zero attached hydrogens (tertiary/aromatic N) is 2. The van der Waals surface area contributed by atoms with E-state index in [-0.39, 0.29) is 16.4 Å². The molecule has 1 aromatic carbocycles. The highest BCUT2D eigenvalue weighted by atomic mass is 32.1. The zero-order valence-electron chi connectivity index (χ0n) is 11.8. The third kappa shape index (κ3) is 3.51. The fourth-order valence-corrected chi connectivity index (χ4v) is 1.77. The molecular formula is C15H17N3OS. The first-order valence-corrected chi connectivity index (χ1v) is 6.68. The van der Waals surface area contributed by atoms with Crippen molar-refractivity contribution in [3.63, 3.8) is 0 Å². The molecule has 0 aliphatic rings. The van der Waals surface area contributed by atoms with E-state index in [0.717, 1.165) is 0 Å². The number of thiocarbonyl (C=S) groups is 1. The molecule has 1 aromatic heterocycles. The van der Waals surface area contributed by atoms with Gasteiger partial charge >= 0.3 is 6.01 Å². The minimum absolute atomic E-state index is 0.0564. The predicted molar refractivity (Wildman–Crippen MR) is 83.1 cm³/mol. The lowest BCUT2D eigenvalue weighted by atomic mass is 9.87. The second kappa shape index (κ2) is 5.54. The maximum absolute atomic E-state index is 5.67. The molecule has 2 N–H and O–H groups in total. The quantitative estimate of drug-likeness (QED) is 0.878. The van der Waals surface area contributed by atoms with Gasteiger partial charge in [-0.05, 0) is 29.2 Å². The Morgan fingerprint density at radius 2 is 2.00 bits per heavy atom. The Hall–Kier alpha value is -2.01. The van der Waals surface area contributed by atoms with Crippen LogP contribution in [0.15, 0.2) is 36.5 Å². The van der Waals surface area contributed by atoms with Gasteiger partial charge in [-0.3, -0.25) is 0 Å². The van der Waals surface area contributed by atoms with Gasteiger partial charge in [0.25, 0.3) is 0 Å². The number of hydrogen-bond acceptors (Lipinski definition) is 4. The Labute approximate surface area is 124 Å². The highest BCUT2D eigenvalue weighted by Crippen LogP contribution is 2.27. The van der Waals surface area contributed by atoms with Crippen molar-refractivity contribution in [2.45, 2.75) is 26.2 Å². The van der Waals surface area contributed by atoms with Crippen LogP contribution < -0.4 is 10.5 Å². The fourth-order valence-electron chi connectivity index (χ4n) is 1.66. The number of nitrogens with two attached hydrogens (primary N) is 1. The predicted octanol–water partition coefficient (Wildman–Crippen LogP) is 3.20. The van der Waals surface area contributed by atoms with Crippen LogP contribution in [0.3, 0.4) is 0 Å². The molecule has 0 aliphatic carbocycles. The molecule has 2 rings (SSSR count). The van der Waals surface area contributed by atoms with Crippen molar-refractivity contribution >= 4 is 17.2 Å². The first kappa shape index (κ1) is 14.4. The van der Waals surface area contributed by atoms with Crippen molar-refractivity contribution in [3.8, 4) is 11.8 Å². The maximum atomic E-state index is 5.67. The van der Waals surface area contributed by atoms with E-state index >= 15 is 0 Å². The summed E-state index contributed by atoms with van der Waals surface area (Å²) in [5.74, 6) is 0.692. The Morgan fingerprint density at radius 3 is 2.65 bits per heavy atom. The number of benzene rings is 1. The minimum atomic E-state index is 0.0564. The van der Waals surface area contributed by atoms with Crippen LogP contribution in [-0.4, -0.2) is 15.0 Å². The van der Waals surface area contributed by atoms with Gasteiger partial charge in [0.05, 0.1) is 0 Å². The molecule has 20 heavy (non-hydrogen) atoms. The second-order valence-electron chi connectivity index (χ2n) is 5.47. The van der Waals surface area contributed by atoms with Crippen LogP contribution in [0, 0.1) is 0 Å². The van der Waals surface area contributed by atoms with Crippen molar-refractivity contribution in [2.24, 2.45) is 5.73 Å². The van der Waals surface area contributed by atoms with Gasteiger partial charge < -0.3 is 10.5 Å². The summed E-state index contributed by atoms with van der Waals surface area (Å²) in [7, 11) is 0. The number of aromatic nitrogens is 2. The molecule has 0 atom stereocenters. The molecule has 5 heteroatoms. The van der Waals surface area contributed by atoms with Crippen LogP contribution in [-0.2, 0) is 5.41 Å². The smallest absolute Gasteiger partial charge is 0.322 e. The zero-order valence-corrected chi connectivity index (χ0v) is 12.6. The molecule has 0 saturated carbocycles. The largest absolute Gasteiger partial charge is 0.424 e. The molecule has 0 unspecified atom stereocenters. The Bertz CT molecular complexity index is 635. The molecule has 4 nitrogen and oxygen atoms in total. The maximum Gasteiger partial charge on any atom is 0.322 e. The monoisotopic (exact) mass is 287 g/mol. The van der Waals surface area contributed by atoms with E-state index in [1.165, 1.54) is 5.56 Å². The van der Waals surface area contributed by atoms with E-state index in [9.17, 15) is 0 Å². The van der Waals surface area contributed by atoms with Gasteiger partial charge in [-0.15, -0.1) is 0 Å². The van der Waals surface area contributed by atoms with E-state index in [1.807, 2.05) is 18.2 Å². The first-order chi connectivity index (χ1) is 9.36. The fraction of sp³-hybridized carbons (Fsp3) is 0.267. The van der Waals surface area contributed by atoms with E-state index in [2.05, 4.69) is 36.8 Å². The Morgan fingerprint density at radius 1 is 1.25 bits per heavy atom. The molecule has 0 spiro atoms. The van der Waals surface area contributed by atoms with Gasteiger partial charge in [-0.25, -0.2) is 4.98 Å². The summed E-state index contributed by atoms with van der Waals surface area (Å²) in [6.45, 7) is 6.45. The SMILES string of the molecule is CC(C)(C)c1cccc(Oc2nccc(C(N)=S)n2)c1. The lowest BCUT2D eigenvalue weighted by Crippen LogP contribution is -2.12. The molecule has 0 amide bonds. The van der Waals surface area contributed by atoms with Crippen molar-refractivity contribution in [2.75, 3.05) is 0 Å². The molecule has 0 radical (unpaired) electrons. The van der Waals surface area contributed by atoms with Crippen LogP contribution in [0.5, 0.6) is 11.8 Å². The van der Waals surface area contributed by atoms with Gasteiger partial charge in [-0.2, -0.15) is 4.98 Å². The van der Waals surface area contributed by atoms with Gasteiger partial charge in [-0.1, -0.05) is 45.1 Å². The van der Waals surface area contributed by atoms with Crippen LogP contribution in [0.4, 0.5) is 0 Å². The average Bonchev–Trinajstić information content (AvgIpc) is 2.38. The van der Waals surface area contributed by atoms with E-state index in [4.69, 9.17) is 22.7 Å². The minimum Gasteiger partial charge on any atom is -0.424 e. The summed E-state index contributed by atoms with van der Waals surface area (Å²) in [5.41, 5.74) is 7.28. The van der Waals surface area contributed by atoms with E-state index in [0.29, 0.717) is 11.4 Å². The molecule has 104 valence electrons. The highest BCUT2D eigenvalue weighted by molar-refractivity contribution is 7.80. The average molecular weight is 287 g/mol. The molecular weight excluding hydrogens is 270 g/mol. The van der Waals surface area contributed by atoms with Crippen LogP contribution in [0.1, 0.15) is 32.0 Å². The topological polar surface area (TPSA) is 61.0 Å². The number of hydrogen-bond donors (Lipinski definition) is 1. The molecule has 0 saturated heterocycles. The van der Waals surface area contributed by atoms with E-state index in [1.54, 1.807) is 12.3 Å². The van der Waals surface area contributed by atoms with Crippen molar-refractivity contribution in [1.29, 1.82) is 0 Å². The van der Waals surface area contributed by atoms with Crippen molar-refractivity contribution in [3.05, 3.63) is 47.8 Å². The summed E-state index contributed by atoms with van der Waals surface area (Å²) in [6, 6.07) is 9.76. The normalized spacial score (nSPS) is 11.2. The summed E-state index contributed by atoms with van der Waals surface area (Å²) >= 11 is 4.89. The lowest BCUT2D eigenvalue weighted by Gasteiger charge is -2.19. The summed E-state index contributed by atoms with van der Waals surface area (Å²) in [4.78, 5) is 8.44. The number of ether oxygens (including phenoxy) is 1. The summed E-state index contributed by atoms with van der Waals surface area (Å²) in [5, 5.41) is 0. The molecule has 0 fully saturated rings. The molecule has 2 aromatic rings. The van der Waals surface area contributed by atoms with Gasteiger partial charge in [0, 0.05) is 6.20 Å². The molecule has 0 aliphatic heterocycles. The van der Waals surface area contributed by atoms with Crippen LogP contribution >= 0.6 is 12.2 Å². The Balaban J connectivity index is 2.26. The third-order valence-electron chi connectivity index (χ3n) is 2.80. The standard InChI is InChI=1S/C15H17N3OS/c1-15(2,3)10-5-4-6-11(9-10)19-14-17-8-7-12(18-14)13(16)20/h4-9H,1-3H3,(H2,16,20). The first-order valence-electron chi connectivity index (χ1n) is 6.27. The van der Waals surface area contributed by atoms with E-state index < -0.39 is 0 Å². The zero-order chi connectivity index (χ0) is 14.8. The van der Waals surface area contributed by atoms with Gasteiger partial charge in [0.15, 0.2) is 0 Å². The third-order valence-corrected chi connectivity index (χ3v) is 3.00. The van der Waals surface area contributed by atoms with Gasteiger partial charge in [0.1, 0.15) is 16.4 Å². The molecule has 0 bridgehead atoms. The summed E-state index contributed by atoms with van der Waals surface area (Å²) < 4.78 is 5.67. The van der Waals surface area contributed by atoms with Crippen molar-refractivity contribution in [1.82, 2.24) is 9.97 Å². The molecule has 1 heterocycles. The highest BCUT2D eigenvalue weighted by Gasteiger charge is 2.14. The Kier molecular flexibility index (Phi) is 3.99.